The average molecular weight is 283 g/mol. The van der Waals surface area contributed by atoms with Gasteiger partial charge in [-0.2, -0.15) is 8.78 Å². The minimum Gasteiger partial charge on any atom is -0.435 e. The summed E-state index contributed by atoms with van der Waals surface area (Å²) >= 11 is 0. The van der Waals surface area contributed by atoms with Crippen LogP contribution in [0.2, 0.25) is 0 Å². The second-order valence-electron chi connectivity index (χ2n) is 5.49. The summed E-state index contributed by atoms with van der Waals surface area (Å²) in [5.74, 6) is 1.16. The quantitative estimate of drug-likeness (QED) is 0.716. The van der Waals surface area contributed by atoms with Crippen LogP contribution in [0.25, 0.3) is 0 Å². The van der Waals surface area contributed by atoms with E-state index in [2.05, 4.69) is 10.1 Å². The molecule has 0 bridgehead atoms. The van der Waals surface area contributed by atoms with Gasteiger partial charge in [-0.05, 0) is 43.0 Å². The minimum atomic E-state index is -2.76. The number of alkyl halides is 2. The fourth-order valence-corrected chi connectivity index (χ4v) is 2.84. The molecule has 112 valence electrons. The molecule has 0 aromatic heterocycles. The van der Waals surface area contributed by atoms with Gasteiger partial charge in [0.1, 0.15) is 5.75 Å². The van der Waals surface area contributed by atoms with Gasteiger partial charge in [0.2, 0.25) is 0 Å². The molecule has 1 aromatic rings. The summed E-state index contributed by atoms with van der Waals surface area (Å²) in [7, 11) is 0. The number of ether oxygens (including phenoxy) is 1. The number of halogens is 2. The monoisotopic (exact) mass is 283 g/mol. The zero-order valence-electron chi connectivity index (χ0n) is 11.8. The Labute approximate surface area is 119 Å². The van der Waals surface area contributed by atoms with Crippen LogP contribution < -0.4 is 10.1 Å². The molecule has 1 aliphatic carbocycles. The van der Waals surface area contributed by atoms with Crippen molar-refractivity contribution in [1.29, 1.82) is 0 Å². The molecule has 0 heterocycles. The minimum absolute atomic E-state index is 0.213. The Morgan fingerprint density at radius 3 is 2.50 bits per heavy atom. The third kappa shape index (κ3) is 5.45. The number of benzene rings is 1. The third-order valence-electron chi connectivity index (χ3n) is 3.92. The molecule has 4 heteroatoms. The predicted molar refractivity (Wildman–Crippen MR) is 76.0 cm³/mol. The van der Waals surface area contributed by atoms with E-state index in [9.17, 15) is 8.78 Å². The van der Waals surface area contributed by atoms with Gasteiger partial charge in [0, 0.05) is 6.54 Å². The Bertz CT molecular complexity index is 375. The molecule has 0 spiro atoms. The van der Waals surface area contributed by atoms with E-state index in [4.69, 9.17) is 0 Å². The highest BCUT2D eigenvalue weighted by Gasteiger charge is 2.13. The molecular formula is C16H23F2NO. The first-order chi connectivity index (χ1) is 9.74. The standard InChI is InChI=1S/C16H23F2NO/c17-16(18)20-15-9-7-14(8-10-15)12-19-11-3-6-13-4-1-2-5-13/h7-10,13,16,19H,1-6,11-12H2. The average Bonchev–Trinajstić information content (AvgIpc) is 2.93. The summed E-state index contributed by atoms with van der Waals surface area (Å²) in [6.07, 6.45) is 8.18. The van der Waals surface area contributed by atoms with Crippen LogP contribution in [0.3, 0.4) is 0 Å². The molecule has 0 amide bonds. The fraction of sp³-hybridized carbons (Fsp3) is 0.625. The zero-order valence-corrected chi connectivity index (χ0v) is 11.8. The van der Waals surface area contributed by atoms with Gasteiger partial charge in [-0.3, -0.25) is 0 Å². The van der Waals surface area contributed by atoms with Crippen molar-refractivity contribution < 1.29 is 13.5 Å². The molecule has 20 heavy (non-hydrogen) atoms. The molecule has 1 N–H and O–H groups in total. The highest BCUT2D eigenvalue weighted by molar-refractivity contribution is 5.27. The number of hydrogen-bond acceptors (Lipinski definition) is 2. The lowest BCUT2D eigenvalue weighted by Crippen LogP contribution is -2.15. The first-order valence-electron chi connectivity index (χ1n) is 7.48. The molecule has 0 radical (unpaired) electrons. The Hall–Kier alpha value is -1.16. The van der Waals surface area contributed by atoms with Gasteiger partial charge in [0.25, 0.3) is 0 Å². The van der Waals surface area contributed by atoms with Crippen LogP contribution >= 0.6 is 0 Å². The van der Waals surface area contributed by atoms with E-state index in [0.717, 1.165) is 24.6 Å². The van der Waals surface area contributed by atoms with Crippen molar-refractivity contribution in [2.75, 3.05) is 6.54 Å². The molecule has 1 aliphatic rings. The van der Waals surface area contributed by atoms with Crippen LogP contribution in [-0.2, 0) is 6.54 Å². The van der Waals surface area contributed by atoms with Gasteiger partial charge < -0.3 is 10.1 Å². The molecule has 1 aromatic carbocycles. The van der Waals surface area contributed by atoms with E-state index < -0.39 is 6.61 Å². The van der Waals surface area contributed by atoms with Crippen molar-refractivity contribution in [3.8, 4) is 5.75 Å². The van der Waals surface area contributed by atoms with Gasteiger partial charge in [0.15, 0.2) is 0 Å². The molecule has 1 saturated carbocycles. The first-order valence-corrected chi connectivity index (χ1v) is 7.48. The molecule has 2 nitrogen and oxygen atoms in total. The van der Waals surface area contributed by atoms with Gasteiger partial charge in [-0.15, -0.1) is 0 Å². The van der Waals surface area contributed by atoms with Crippen LogP contribution in [0.1, 0.15) is 44.1 Å². The lowest BCUT2D eigenvalue weighted by atomic mass is 10.0. The number of hydrogen-bond donors (Lipinski definition) is 1. The Balaban J connectivity index is 1.58. The summed E-state index contributed by atoms with van der Waals surface area (Å²) in [4.78, 5) is 0. The molecule has 1 fully saturated rings. The highest BCUT2D eigenvalue weighted by atomic mass is 19.3. The maximum atomic E-state index is 12.0. The Morgan fingerprint density at radius 2 is 1.85 bits per heavy atom. The van der Waals surface area contributed by atoms with Crippen molar-refractivity contribution in [2.24, 2.45) is 5.92 Å². The van der Waals surface area contributed by atoms with E-state index in [1.165, 1.54) is 38.5 Å². The second kappa shape index (κ2) is 8.20. The van der Waals surface area contributed by atoms with E-state index in [1.54, 1.807) is 12.1 Å². The smallest absolute Gasteiger partial charge is 0.387 e. The summed E-state index contributed by atoms with van der Waals surface area (Å²) in [5.41, 5.74) is 1.09. The van der Waals surface area contributed by atoms with E-state index in [-0.39, 0.29) is 5.75 Å². The van der Waals surface area contributed by atoms with Gasteiger partial charge in [-0.1, -0.05) is 37.8 Å². The molecule has 0 unspecified atom stereocenters. The topological polar surface area (TPSA) is 21.3 Å². The normalized spacial score (nSPS) is 15.9. The van der Waals surface area contributed by atoms with Crippen molar-refractivity contribution in [2.45, 2.75) is 51.7 Å². The third-order valence-corrected chi connectivity index (χ3v) is 3.92. The summed E-state index contributed by atoms with van der Waals surface area (Å²) in [6.45, 7) is -0.958. The SMILES string of the molecule is FC(F)Oc1ccc(CNCCCC2CCCC2)cc1. The van der Waals surface area contributed by atoms with Gasteiger partial charge in [-0.25, -0.2) is 0 Å². The Kier molecular flexibility index (Phi) is 6.25. The maximum Gasteiger partial charge on any atom is 0.387 e. The van der Waals surface area contributed by atoms with Crippen LogP contribution in [0.5, 0.6) is 5.75 Å². The zero-order chi connectivity index (χ0) is 14.2. The summed E-state index contributed by atoms with van der Waals surface area (Å²) < 4.78 is 28.3. The van der Waals surface area contributed by atoms with Gasteiger partial charge >= 0.3 is 6.61 Å². The van der Waals surface area contributed by atoms with E-state index in [0.29, 0.717) is 0 Å². The second-order valence-corrected chi connectivity index (χ2v) is 5.49. The molecule has 0 saturated heterocycles. The first kappa shape index (κ1) is 15.2. The van der Waals surface area contributed by atoms with Crippen LogP contribution in [0.15, 0.2) is 24.3 Å². The van der Waals surface area contributed by atoms with E-state index in [1.807, 2.05) is 12.1 Å². The molecular weight excluding hydrogens is 260 g/mol. The number of rotatable bonds is 8. The lowest BCUT2D eigenvalue weighted by molar-refractivity contribution is -0.0498. The van der Waals surface area contributed by atoms with Crippen LogP contribution in [-0.4, -0.2) is 13.2 Å². The van der Waals surface area contributed by atoms with Crippen LogP contribution in [0, 0.1) is 5.92 Å². The lowest BCUT2D eigenvalue weighted by Gasteiger charge is -2.10. The van der Waals surface area contributed by atoms with Crippen LogP contribution in [0.4, 0.5) is 8.78 Å². The van der Waals surface area contributed by atoms with Crippen molar-refractivity contribution in [1.82, 2.24) is 5.32 Å². The summed E-state index contributed by atoms with van der Waals surface area (Å²) in [6, 6.07) is 6.81. The van der Waals surface area contributed by atoms with Crippen molar-refractivity contribution in [3.63, 3.8) is 0 Å². The maximum absolute atomic E-state index is 12.0. The fourth-order valence-electron chi connectivity index (χ4n) is 2.84. The van der Waals surface area contributed by atoms with Crippen molar-refractivity contribution >= 4 is 0 Å². The van der Waals surface area contributed by atoms with E-state index >= 15 is 0 Å². The summed E-state index contributed by atoms with van der Waals surface area (Å²) in [5, 5.41) is 3.40. The van der Waals surface area contributed by atoms with Gasteiger partial charge in [0.05, 0.1) is 0 Å². The largest absolute Gasteiger partial charge is 0.435 e. The van der Waals surface area contributed by atoms with Crippen molar-refractivity contribution in [3.05, 3.63) is 29.8 Å². The highest BCUT2D eigenvalue weighted by Crippen LogP contribution is 2.28. The number of nitrogens with one attached hydrogen (secondary N) is 1. The molecule has 0 aliphatic heterocycles. The molecule has 2 rings (SSSR count). The Morgan fingerprint density at radius 1 is 1.15 bits per heavy atom. The molecule has 0 atom stereocenters. The predicted octanol–water partition coefficient (Wildman–Crippen LogP) is 4.35.